The SMILES string of the molecule is CCc1ccc(Nc2cc(C(=O)N(C)Cc3ccccc3)nc(C)n2)cc1. The minimum absolute atomic E-state index is 0.131. The number of hydrogen-bond donors (Lipinski definition) is 1. The number of rotatable bonds is 6. The summed E-state index contributed by atoms with van der Waals surface area (Å²) in [6.45, 7) is 4.45. The topological polar surface area (TPSA) is 58.1 Å². The van der Waals surface area contributed by atoms with Crippen molar-refractivity contribution in [1.29, 1.82) is 0 Å². The predicted molar refractivity (Wildman–Crippen MR) is 108 cm³/mol. The molecule has 1 heterocycles. The van der Waals surface area contributed by atoms with Gasteiger partial charge in [-0.1, -0.05) is 49.4 Å². The Bertz CT molecular complexity index is 907. The van der Waals surface area contributed by atoms with Crippen LogP contribution in [0.1, 0.15) is 34.4 Å². The van der Waals surface area contributed by atoms with Crippen molar-refractivity contribution in [3.63, 3.8) is 0 Å². The minimum atomic E-state index is -0.131. The summed E-state index contributed by atoms with van der Waals surface area (Å²) in [6, 6.07) is 19.8. The quantitative estimate of drug-likeness (QED) is 0.709. The molecule has 2 aromatic carbocycles. The van der Waals surface area contributed by atoms with Crippen molar-refractivity contribution in [3.8, 4) is 0 Å². The first-order valence-corrected chi connectivity index (χ1v) is 9.06. The van der Waals surface area contributed by atoms with Crippen LogP contribution in [0.4, 0.5) is 11.5 Å². The highest BCUT2D eigenvalue weighted by Crippen LogP contribution is 2.17. The highest BCUT2D eigenvalue weighted by atomic mass is 16.2. The van der Waals surface area contributed by atoms with Crippen molar-refractivity contribution in [3.05, 3.63) is 83.3 Å². The highest BCUT2D eigenvalue weighted by molar-refractivity contribution is 5.93. The van der Waals surface area contributed by atoms with Gasteiger partial charge in [-0.3, -0.25) is 4.79 Å². The number of aryl methyl sites for hydroxylation is 2. The molecule has 0 aliphatic carbocycles. The van der Waals surface area contributed by atoms with Crippen molar-refractivity contribution in [2.24, 2.45) is 0 Å². The number of benzene rings is 2. The van der Waals surface area contributed by atoms with Gasteiger partial charge in [0.15, 0.2) is 0 Å². The molecule has 0 saturated carbocycles. The van der Waals surface area contributed by atoms with Crippen LogP contribution in [0.3, 0.4) is 0 Å². The largest absolute Gasteiger partial charge is 0.340 e. The van der Waals surface area contributed by atoms with Crippen LogP contribution < -0.4 is 5.32 Å². The molecule has 27 heavy (non-hydrogen) atoms. The lowest BCUT2D eigenvalue weighted by Crippen LogP contribution is -2.27. The lowest BCUT2D eigenvalue weighted by atomic mass is 10.1. The summed E-state index contributed by atoms with van der Waals surface area (Å²) in [4.78, 5) is 23.2. The zero-order valence-corrected chi connectivity index (χ0v) is 15.9. The molecule has 3 rings (SSSR count). The van der Waals surface area contributed by atoms with Gasteiger partial charge in [-0.05, 0) is 36.6 Å². The minimum Gasteiger partial charge on any atom is -0.340 e. The maximum absolute atomic E-state index is 12.8. The zero-order chi connectivity index (χ0) is 19.2. The Morgan fingerprint density at radius 1 is 1.00 bits per heavy atom. The smallest absolute Gasteiger partial charge is 0.272 e. The van der Waals surface area contributed by atoms with Gasteiger partial charge in [-0.2, -0.15) is 0 Å². The van der Waals surface area contributed by atoms with Crippen LogP contribution in [0.15, 0.2) is 60.7 Å². The Labute approximate surface area is 160 Å². The van der Waals surface area contributed by atoms with Crippen LogP contribution in [-0.4, -0.2) is 27.8 Å². The third-order valence-electron chi connectivity index (χ3n) is 4.30. The molecule has 0 bridgehead atoms. The Kier molecular flexibility index (Phi) is 5.81. The number of hydrogen-bond acceptors (Lipinski definition) is 4. The third-order valence-corrected chi connectivity index (χ3v) is 4.30. The summed E-state index contributed by atoms with van der Waals surface area (Å²) in [7, 11) is 1.78. The number of nitrogens with one attached hydrogen (secondary N) is 1. The van der Waals surface area contributed by atoms with Gasteiger partial charge in [0.1, 0.15) is 17.3 Å². The van der Waals surface area contributed by atoms with Crippen molar-refractivity contribution < 1.29 is 4.79 Å². The molecule has 0 spiro atoms. The van der Waals surface area contributed by atoms with E-state index in [1.165, 1.54) is 5.56 Å². The molecule has 0 saturated heterocycles. The maximum atomic E-state index is 12.8. The van der Waals surface area contributed by atoms with Crippen LogP contribution in [0.5, 0.6) is 0 Å². The molecule has 3 aromatic rings. The Balaban J connectivity index is 1.76. The lowest BCUT2D eigenvalue weighted by Gasteiger charge is -2.17. The fourth-order valence-electron chi connectivity index (χ4n) is 2.84. The summed E-state index contributed by atoms with van der Waals surface area (Å²) >= 11 is 0. The van der Waals surface area contributed by atoms with Gasteiger partial charge in [0.2, 0.25) is 0 Å². The summed E-state index contributed by atoms with van der Waals surface area (Å²) in [5, 5.41) is 3.26. The summed E-state index contributed by atoms with van der Waals surface area (Å²) in [6.07, 6.45) is 0.999. The van der Waals surface area contributed by atoms with E-state index in [1.54, 1.807) is 24.9 Å². The average Bonchev–Trinajstić information content (AvgIpc) is 2.68. The van der Waals surface area contributed by atoms with Gasteiger partial charge in [-0.15, -0.1) is 0 Å². The number of amides is 1. The van der Waals surface area contributed by atoms with Crippen LogP contribution in [0, 0.1) is 6.92 Å². The first-order valence-electron chi connectivity index (χ1n) is 9.06. The Morgan fingerprint density at radius 2 is 1.70 bits per heavy atom. The van der Waals surface area contributed by atoms with Crippen molar-refractivity contribution in [1.82, 2.24) is 14.9 Å². The van der Waals surface area contributed by atoms with Crippen molar-refractivity contribution in [2.75, 3.05) is 12.4 Å². The van der Waals surface area contributed by atoms with E-state index in [0.29, 0.717) is 23.9 Å². The van der Waals surface area contributed by atoms with Crippen LogP contribution in [0.2, 0.25) is 0 Å². The van der Waals surface area contributed by atoms with Crippen LogP contribution in [-0.2, 0) is 13.0 Å². The van der Waals surface area contributed by atoms with Crippen molar-refractivity contribution >= 4 is 17.4 Å². The fraction of sp³-hybridized carbons (Fsp3) is 0.227. The number of nitrogens with zero attached hydrogens (tertiary/aromatic N) is 3. The maximum Gasteiger partial charge on any atom is 0.272 e. The lowest BCUT2D eigenvalue weighted by molar-refractivity contribution is 0.0779. The van der Waals surface area contributed by atoms with Crippen LogP contribution in [0.25, 0.3) is 0 Å². The van der Waals surface area contributed by atoms with Gasteiger partial charge in [0.25, 0.3) is 5.91 Å². The second-order valence-electron chi connectivity index (χ2n) is 6.51. The molecule has 0 aliphatic heterocycles. The van der Waals surface area contributed by atoms with E-state index in [1.807, 2.05) is 42.5 Å². The second kappa shape index (κ2) is 8.45. The van der Waals surface area contributed by atoms with Crippen molar-refractivity contribution in [2.45, 2.75) is 26.8 Å². The summed E-state index contributed by atoms with van der Waals surface area (Å²) < 4.78 is 0. The predicted octanol–water partition coefficient (Wildman–Crippen LogP) is 4.36. The normalized spacial score (nSPS) is 10.5. The number of anilines is 2. The van der Waals surface area contributed by atoms with E-state index in [-0.39, 0.29) is 5.91 Å². The Morgan fingerprint density at radius 3 is 2.37 bits per heavy atom. The van der Waals surface area contributed by atoms with Gasteiger partial charge in [-0.25, -0.2) is 9.97 Å². The molecular formula is C22H24N4O. The first-order chi connectivity index (χ1) is 13.0. The first kappa shape index (κ1) is 18.6. The molecule has 0 unspecified atom stereocenters. The average molecular weight is 360 g/mol. The van der Waals surface area contributed by atoms with Gasteiger partial charge in [0.05, 0.1) is 0 Å². The van der Waals surface area contributed by atoms with Crippen LogP contribution >= 0.6 is 0 Å². The number of carbonyl (C=O) groups excluding carboxylic acids is 1. The molecule has 0 aliphatic rings. The standard InChI is InChI=1S/C22H24N4O/c1-4-17-10-12-19(13-11-17)25-21-14-20(23-16(2)24-21)22(27)26(3)15-18-8-6-5-7-9-18/h5-14H,4,15H2,1-3H3,(H,23,24,25). The monoisotopic (exact) mass is 360 g/mol. The van der Waals surface area contributed by atoms with E-state index in [2.05, 4.69) is 34.3 Å². The molecule has 0 fully saturated rings. The van der Waals surface area contributed by atoms with E-state index in [9.17, 15) is 4.79 Å². The van der Waals surface area contributed by atoms with E-state index in [0.717, 1.165) is 17.7 Å². The summed E-state index contributed by atoms with van der Waals surface area (Å²) in [5.74, 6) is 1.04. The second-order valence-corrected chi connectivity index (χ2v) is 6.51. The molecule has 0 atom stereocenters. The molecule has 138 valence electrons. The molecule has 0 radical (unpaired) electrons. The Hall–Kier alpha value is -3.21. The van der Waals surface area contributed by atoms with Gasteiger partial charge in [0, 0.05) is 25.3 Å². The van der Waals surface area contributed by atoms with E-state index in [4.69, 9.17) is 0 Å². The molecule has 1 amide bonds. The van der Waals surface area contributed by atoms with E-state index >= 15 is 0 Å². The summed E-state index contributed by atoms with van der Waals surface area (Å²) in [5.41, 5.74) is 3.67. The van der Waals surface area contributed by atoms with Gasteiger partial charge >= 0.3 is 0 Å². The number of carbonyl (C=O) groups is 1. The molecule has 1 N–H and O–H groups in total. The highest BCUT2D eigenvalue weighted by Gasteiger charge is 2.15. The zero-order valence-electron chi connectivity index (χ0n) is 15.9. The molecule has 5 nitrogen and oxygen atoms in total. The molecule has 5 heteroatoms. The van der Waals surface area contributed by atoms with E-state index < -0.39 is 0 Å². The molecule has 1 aromatic heterocycles. The fourth-order valence-corrected chi connectivity index (χ4v) is 2.84. The number of aromatic nitrogens is 2. The molecular weight excluding hydrogens is 336 g/mol. The third kappa shape index (κ3) is 4.91. The van der Waals surface area contributed by atoms with Gasteiger partial charge < -0.3 is 10.2 Å².